The highest BCUT2D eigenvalue weighted by Crippen LogP contribution is 1.94. The number of carbonyl (C=O) groups excluding carboxylic acids is 1. The second-order valence-corrected chi connectivity index (χ2v) is 2.16. The summed E-state index contributed by atoms with van der Waals surface area (Å²) in [5.74, 6) is -0.956. The molecule has 0 amide bonds. The number of carbonyl (C=O) groups is 1. The van der Waals surface area contributed by atoms with Crippen molar-refractivity contribution in [3.05, 3.63) is 11.8 Å². The molecule has 0 spiro atoms. The topological polar surface area (TPSA) is 46.5 Å². The molecule has 0 bridgehead atoms. The lowest BCUT2D eigenvalue weighted by atomic mass is 10.4. The maximum atomic E-state index is 10.7. The summed E-state index contributed by atoms with van der Waals surface area (Å²) in [4.78, 5) is 10.7. The van der Waals surface area contributed by atoms with Crippen molar-refractivity contribution in [2.24, 2.45) is 0 Å². The van der Waals surface area contributed by atoms with Gasteiger partial charge in [-0.15, -0.1) is 0 Å². The van der Waals surface area contributed by atoms with Crippen LogP contribution in [0.5, 0.6) is 0 Å². The van der Waals surface area contributed by atoms with Crippen molar-refractivity contribution < 1.29 is 14.6 Å². The molecule has 0 aromatic heterocycles. The molecule has 0 radical (unpaired) electrons. The minimum absolute atomic E-state index is 0.318. The van der Waals surface area contributed by atoms with Crippen LogP contribution in [0.15, 0.2) is 11.8 Å². The monoisotopic (exact) mass is 158 g/mol. The van der Waals surface area contributed by atoms with Crippen LogP contribution in [0, 0.1) is 0 Å². The molecule has 0 rings (SSSR count). The standard InChI is InChI=1S/C8H14O3/c1-3-5-6-11-8(10)7(9)4-2/h4,9H,3,5-6H2,1-2H3. The molecule has 1 N–H and O–H groups in total. The molecule has 0 aliphatic heterocycles. The SMILES string of the molecule is CC=C(O)C(=O)OCCCC. The quantitative estimate of drug-likeness (QED) is 0.293. The predicted molar refractivity (Wildman–Crippen MR) is 42.3 cm³/mol. The second kappa shape index (κ2) is 5.77. The van der Waals surface area contributed by atoms with Gasteiger partial charge < -0.3 is 9.84 Å². The van der Waals surface area contributed by atoms with Crippen LogP contribution in [0.2, 0.25) is 0 Å². The maximum absolute atomic E-state index is 10.7. The number of rotatable bonds is 4. The van der Waals surface area contributed by atoms with Crippen LogP contribution in [0.4, 0.5) is 0 Å². The lowest BCUT2D eigenvalue weighted by molar-refractivity contribution is -0.142. The molecule has 64 valence electrons. The summed E-state index contributed by atoms with van der Waals surface area (Å²) in [6.45, 7) is 3.97. The van der Waals surface area contributed by atoms with Crippen molar-refractivity contribution >= 4 is 5.97 Å². The summed E-state index contributed by atoms with van der Waals surface area (Å²) >= 11 is 0. The number of hydrogen-bond donors (Lipinski definition) is 1. The zero-order valence-corrected chi connectivity index (χ0v) is 6.96. The molecular formula is C8H14O3. The summed E-state index contributed by atoms with van der Waals surface area (Å²) in [6, 6.07) is 0. The van der Waals surface area contributed by atoms with E-state index in [1.807, 2.05) is 6.92 Å². The van der Waals surface area contributed by atoms with E-state index < -0.39 is 5.97 Å². The number of aliphatic hydroxyl groups excluding tert-OH is 1. The molecule has 0 aliphatic carbocycles. The van der Waals surface area contributed by atoms with Crippen LogP contribution in [0.1, 0.15) is 26.7 Å². The Hall–Kier alpha value is -0.990. The van der Waals surface area contributed by atoms with E-state index in [9.17, 15) is 4.79 Å². The molecule has 0 saturated carbocycles. The Balaban J connectivity index is 3.53. The second-order valence-electron chi connectivity index (χ2n) is 2.16. The minimum atomic E-state index is -0.638. The normalized spacial score (nSPS) is 11.3. The van der Waals surface area contributed by atoms with Crippen LogP contribution in [-0.4, -0.2) is 17.7 Å². The third-order valence-corrected chi connectivity index (χ3v) is 1.21. The van der Waals surface area contributed by atoms with Crippen LogP contribution in [0.25, 0.3) is 0 Å². The van der Waals surface area contributed by atoms with Gasteiger partial charge in [-0.05, 0) is 19.4 Å². The van der Waals surface area contributed by atoms with Gasteiger partial charge in [0.25, 0.3) is 0 Å². The third kappa shape index (κ3) is 4.42. The van der Waals surface area contributed by atoms with E-state index >= 15 is 0 Å². The molecule has 0 fully saturated rings. The Kier molecular flexibility index (Phi) is 5.25. The smallest absolute Gasteiger partial charge is 0.373 e. The van der Waals surface area contributed by atoms with E-state index in [1.54, 1.807) is 6.92 Å². The minimum Gasteiger partial charge on any atom is -0.502 e. The lowest BCUT2D eigenvalue weighted by Crippen LogP contribution is -2.08. The maximum Gasteiger partial charge on any atom is 0.373 e. The largest absolute Gasteiger partial charge is 0.502 e. The average molecular weight is 158 g/mol. The van der Waals surface area contributed by atoms with Gasteiger partial charge in [-0.2, -0.15) is 0 Å². The van der Waals surface area contributed by atoms with Crippen molar-refractivity contribution in [2.75, 3.05) is 6.61 Å². The van der Waals surface area contributed by atoms with E-state index in [1.165, 1.54) is 6.08 Å². The zero-order valence-electron chi connectivity index (χ0n) is 6.96. The molecule has 3 heteroatoms. The molecule has 0 saturated heterocycles. The highest BCUT2D eigenvalue weighted by molar-refractivity contribution is 5.85. The van der Waals surface area contributed by atoms with Crippen molar-refractivity contribution in [2.45, 2.75) is 26.7 Å². The van der Waals surface area contributed by atoms with E-state index in [0.29, 0.717) is 6.61 Å². The molecule has 0 heterocycles. The first-order valence-corrected chi connectivity index (χ1v) is 3.74. The molecule has 0 aromatic carbocycles. The van der Waals surface area contributed by atoms with Crippen LogP contribution in [0.3, 0.4) is 0 Å². The molecule has 0 atom stereocenters. The van der Waals surface area contributed by atoms with Gasteiger partial charge in [0.2, 0.25) is 0 Å². The summed E-state index contributed by atoms with van der Waals surface area (Å²) < 4.78 is 4.68. The van der Waals surface area contributed by atoms with Crippen LogP contribution < -0.4 is 0 Å². The Morgan fingerprint density at radius 2 is 2.27 bits per heavy atom. The highest BCUT2D eigenvalue weighted by Gasteiger charge is 2.05. The Bertz CT molecular complexity index is 149. The van der Waals surface area contributed by atoms with Crippen molar-refractivity contribution in [3.8, 4) is 0 Å². The van der Waals surface area contributed by atoms with Crippen molar-refractivity contribution in [3.63, 3.8) is 0 Å². The van der Waals surface area contributed by atoms with Gasteiger partial charge in [0.05, 0.1) is 6.61 Å². The molecule has 11 heavy (non-hydrogen) atoms. The van der Waals surface area contributed by atoms with Crippen molar-refractivity contribution in [1.29, 1.82) is 0 Å². The fourth-order valence-electron chi connectivity index (χ4n) is 0.501. The van der Waals surface area contributed by atoms with Gasteiger partial charge in [-0.3, -0.25) is 0 Å². The first-order valence-electron chi connectivity index (χ1n) is 3.74. The third-order valence-electron chi connectivity index (χ3n) is 1.21. The van der Waals surface area contributed by atoms with Crippen LogP contribution in [-0.2, 0) is 9.53 Å². The molecular weight excluding hydrogens is 144 g/mol. The molecule has 3 nitrogen and oxygen atoms in total. The lowest BCUT2D eigenvalue weighted by Gasteiger charge is -2.01. The highest BCUT2D eigenvalue weighted by atomic mass is 16.5. The predicted octanol–water partition coefficient (Wildman–Crippen LogP) is 1.79. The van der Waals surface area contributed by atoms with E-state index in [-0.39, 0.29) is 5.76 Å². The Morgan fingerprint density at radius 1 is 1.64 bits per heavy atom. The summed E-state index contributed by atoms with van der Waals surface area (Å²) in [5, 5.41) is 8.81. The summed E-state index contributed by atoms with van der Waals surface area (Å²) in [6.07, 6.45) is 3.13. The van der Waals surface area contributed by atoms with Gasteiger partial charge in [0.1, 0.15) is 0 Å². The first-order chi connectivity index (χ1) is 5.22. The zero-order chi connectivity index (χ0) is 8.69. The fourth-order valence-corrected chi connectivity index (χ4v) is 0.501. The van der Waals surface area contributed by atoms with Crippen molar-refractivity contribution in [1.82, 2.24) is 0 Å². The van der Waals surface area contributed by atoms with E-state index in [4.69, 9.17) is 5.11 Å². The summed E-state index contributed by atoms with van der Waals surface area (Å²) in [7, 11) is 0. The number of ether oxygens (including phenoxy) is 1. The number of unbranched alkanes of at least 4 members (excludes halogenated alkanes) is 1. The Morgan fingerprint density at radius 3 is 2.73 bits per heavy atom. The summed E-state index contributed by atoms with van der Waals surface area (Å²) in [5.41, 5.74) is 0. The van der Waals surface area contributed by atoms with Gasteiger partial charge >= 0.3 is 5.97 Å². The van der Waals surface area contributed by atoms with Gasteiger partial charge in [0.15, 0.2) is 5.76 Å². The van der Waals surface area contributed by atoms with Crippen LogP contribution >= 0.6 is 0 Å². The van der Waals surface area contributed by atoms with E-state index in [0.717, 1.165) is 12.8 Å². The van der Waals surface area contributed by atoms with E-state index in [2.05, 4.69) is 4.74 Å². The number of esters is 1. The fraction of sp³-hybridized carbons (Fsp3) is 0.625. The van der Waals surface area contributed by atoms with Gasteiger partial charge in [-0.1, -0.05) is 13.3 Å². The van der Waals surface area contributed by atoms with Gasteiger partial charge in [0, 0.05) is 0 Å². The number of aliphatic hydroxyl groups is 1. The molecule has 0 unspecified atom stereocenters. The number of hydrogen-bond acceptors (Lipinski definition) is 3. The Labute approximate surface area is 66.7 Å². The molecule has 0 aliphatic rings. The number of allylic oxidation sites excluding steroid dienone is 1. The average Bonchev–Trinajstić information content (AvgIpc) is 2.03. The van der Waals surface area contributed by atoms with Gasteiger partial charge in [-0.25, -0.2) is 4.79 Å². The molecule has 0 aromatic rings. The first kappa shape index (κ1) is 10.0.